The number of ether oxygens (including phenoxy) is 1. The minimum atomic E-state index is 0.146. The summed E-state index contributed by atoms with van der Waals surface area (Å²) in [6.45, 7) is 9.44. The van der Waals surface area contributed by atoms with Crippen LogP contribution >= 0.6 is 0 Å². The Morgan fingerprint density at radius 3 is 2.57 bits per heavy atom. The quantitative estimate of drug-likeness (QED) is 0.741. The number of rotatable bonds is 4. The second kappa shape index (κ2) is 5.69. The van der Waals surface area contributed by atoms with Crippen molar-refractivity contribution in [3.8, 4) is 0 Å². The second-order valence-electron chi connectivity index (χ2n) is 4.23. The SMILES string of the molecule is CCC(CC)N1CCOC(C(C)N)C1. The summed E-state index contributed by atoms with van der Waals surface area (Å²) in [5.74, 6) is 0. The average molecular weight is 200 g/mol. The van der Waals surface area contributed by atoms with Gasteiger partial charge >= 0.3 is 0 Å². The van der Waals surface area contributed by atoms with Gasteiger partial charge in [0.15, 0.2) is 0 Å². The first kappa shape index (κ1) is 12.0. The van der Waals surface area contributed by atoms with E-state index >= 15 is 0 Å². The fourth-order valence-electron chi connectivity index (χ4n) is 2.15. The molecule has 1 aliphatic rings. The molecule has 1 heterocycles. The molecule has 2 N–H and O–H groups in total. The molecule has 0 amide bonds. The molecule has 14 heavy (non-hydrogen) atoms. The van der Waals surface area contributed by atoms with Gasteiger partial charge in [0.05, 0.1) is 12.7 Å². The molecule has 0 saturated carbocycles. The molecule has 84 valence electrons. The average Bonchev–Trinajstić information content (AvgIpc) is 2.20. The van der Waals surface area contributed by atoms with Gasteiger partial charge in [0.2, 0.25) is 0 Å². The molecule has 1 saturated heterocycles. The third-order valence-electron chi connectivity index (χ3n) is 3.17. The number of hydrogen-bond acceptors (Lipinski definition) is 3. The highest BCUT2D eigenvalue weighted by Gasteiger charge is 2.26. The highest BCUT2D eigenvalue weighted by molar-refractivity contribution is 4.81. The fourth-order valence-corrected chi connectivity index (χ4v) is 2.15. The summed E-state index contributed by atoms with van der Waals surface area (Å²) in [6.07, 6.45) is 2.68. The van der Waals surface area contributed by atoms with E-state index in [-0.39, 0.29) is 12.1 Å². The zero-order valence-electron chi connectivity index (χ0n) is 9.70. The first-order valence-corrected chi connectivity index (χ1v) is 5.80. The van der Waals surface area contributed by atoms with E-state index in [1.165, 1.54) is 12.8 Å². The summed E-state index contributed by atoms with van der Waals surface area (Å²) in [5, 5.41) is 0. The van der Waals surface area contributed by atoms with E-state index in [0.717, 1.165) is 19.7 Å². The van der Waals surface area contributed by atoms with E-state index in [2.05, 4.69) is 18.7 Å². The second-order valence-corrected chi connectivity index (χ2v) is 4.23. The zero-order chi connectivity index (χ0) is 10.6. The van der Waals surface area contributed by atoms with Crippen molar-refractivity contribution in [1.29, 1.82) is 0 Å². The van der Waals surface area contributed by atoms with Crippen molar-refractivity contribution in [2.75, 3.05) is 19.7 Å². The van der Waals surface area contributed by atoms with E-state index in [1.807, 2.05) is 6.92 Å². The topological polar surface area (TPSA) is 38.5 Å². The van der Waals surface area contributed by atoms with Crippen LogP contribution in [0.2, 0.25) is 0 Å². The number of morpholine rings is 1. The van der Waals surface area contributed by atoms with Gasteiger partial charge < -0.3 is 10.5 Å². The number of hydrogen-bond donors (Lipinski definition) is 1. The summed E-state index contributed by atoms with van der Waals surface area (Å²) >= 11 is 0. The van der Waals surface area contributed by atoms with Gasteiger partial charge in [0, 0.05) is 25.2 Å². The third kappa shape index (κ3) is 2.94. The molecule has 0 aliphatic carbocycles. The van der Waals surface area contributed by atoms with Crippen LogP contribution in [0.15, 0.2) is 0 Å². The van der Waals surface area contributed by atoms with Gasteiger partial charge in [-0.25, -0.2) is 0 Å². The monoisotopic (exact) mass is 200 g/mol. The maximum Gasteiger partial charge on any atom is 0.0850 e. The van der Waals surface area contributed by atoms with E-state index < -0.39 is 0 Å². The zero-order valence-corrected chi connectivity index (χ0v) is 9.70. The lowest BCUT2D eigenvalue weighted by atomic mass is 10.1. The number of nitrogens with two attached hydrogens (primary N) is 1. The lowest BCUT2D eigenvalue weighted by molar-refractivity contribution is -0.0524. The van der Waals surface area contributed by atoms with E-state index in [0.29, 0.717) is 6.04 Å². The van der Waals surface area contributed by atoms with Crippen LogP contribution in [0.1, 0.15) is 33.6 Å². The number of nitrogens with zero attached hydrogens (tertiary/aromatic N) is 1. The summed E-state index contributed by atoms with van der Waals surface area (Å²) in [7, 11) is 0. The molecule has 0 bridgehead atoms. The Hall–Kier alpha value is -0.120. The van der Waals surface area contributed by atoms with Crippen molar-refractivity contribution in [1.82, 2.24) is 4.90 Å². The standard InChI is InChI=1S/C11H24N2O/c1-4-10(5-2)13-6-7-14-11(8-13)9(3)12/h9-11H,4-8,12H2,1-3H3. The van der Waals surface area contributed by atoms with E-state index in [4.69, 9.17) is 10.5 Å². The third-order valence-corrected chi connectivity index (χ3v) is 3.17. The molecular weight excluding hydrogens is 176 g/mol. The summed E-state index contributed by atoms with van der Waals surface area (Å²) < 4.78 is 5.64. The van der Waals surface area contributed by atoms with Crippen molar-refractivity contribution < 1.29 is 4.74 Å². The van der Waals surface area contributed by atoms with Gasteiger partial charge in [0.25, 0.3) is 0 Å². The van der Waals surface area contributed by atoms with Crippen molar-refractivity contribution in [2.45, 2.75) is 51.8 Å². The molecule has 1 aliphatic heterocycles. The molecule has 0 aromatic rings. The van der Waals surface area contributed by atoms with Crippen LogP contribution in [0, 0.1) is 0 Å². The Morgan fingerprint density at radius 1 is 1.43 bits per heavy atom. The minimum absolute atomic E-state index is 0.146. The van der Waals surface area contributed by atoms with Crippen molar-refractivity contribution >= 4 is 0 Å². The lowest BCUT2D eigenvalue weighted by Gasteiger charge is -2.39. The molecule has 1 rings (SSSR count). The summed E-state index contributed by atoms with van der Waals surface area (Å²) in [4.78, 5) is 2.53. The Bertz CT molecular complexity index is 157. The molecule has 3 heteroatoms. The van der Waals surface area contributed by atoms with Gasteiger partial charge in [-0.05, 0) is 19.8 Å². The van der Waals surface area contributed by atoms with Gasteiger partial charge in [0.1, 0.15) is 0 Å². The predicted octanol–water partition coefficient (Wildman–Crippen LogP) is 1.22. The lowest BCUT2D eigenvalue weighted by Crippen LogP contribution is -2.52. The molecular formula is C11H24N2O. The molecule has 2 unspecified atom stereocenters. The normalized spacial score (nSPS) is 26.8. The molecule has 3 nitrogen and oxygen atoms in total. The van der Waals surface area contributed by atoms with E-state index in [1.54, 1.807) is 0 Å². The molecule has 0 spiro atoms. The summed E-state index contributed by atoms with van der Waals surface area (Å²) in [6, 6.07) is 0.854. The van der Waals surface area contributed by atoms with Crippen LogP contribution in [0.5, 0.6) is 0 Å². The Kier molecular flexibility index (Phi) is 4.85. The smallest absolute Gasteiger partial charge is 0.0850 e. The van der Waals surface area contributed by atoms with Crippen LogP contribution < -0.4 is 5.73 Å². The van der Waals surface area contributed by atoms with E-state index in [9.17, 15) is 0 Å². The van der Waals surface area contributed by atoms with Crippen LogP contribution in [-0.2, 0) is 4.74 Å². The largest absolute Gasteiger partial charge is 0.374 e. The van der Waals surface area contributed by atoms with Crippen LogP contribution in [0.4, 0.5) is 0 Å². The highest BCUT2D eigenvalue weighted by atomic mass is 16.5. The minimum Gasteiger partial charge on any atom is -0.374 e. The fraction of sp³-hybridized carbons (Fsp3) is 1.00. The van der Waals surface area contributed by atoms with Gasteiger partial charge in [-0.15, -0.1) is 0 Å². The van der Waals surface area contributed by atoms with Gasteiger partial charge in [-0.2, -0.15) is 0 Å². The van der Waals surface area contributed by atoms with Crippen molar-refractivity contribution in [2.24, 2.45) is 5.73 Å². The maximum atomic E-state index is 5.86. The molecule has 0 radical (unpaired) electrons. The van der Waals surface area contributed by atoms with Gasteiger partial charge in [-0.3, -0.25) is 4.90 Å². The molecule has 0 aromatic carbocycles. The van der Waals surface area contributed by atoms with Crippen molar-refractivity contribution in [3.63, 3.8) is 0 Å². The van der Waals surface area contributed by atoms with Crippen LogP contribution in [0.25, 0.3) is 0 Å². The summed E-state index contributed by atoms with van der Waals surface area (Å²) in [5.41, 5.74) is 5.86. The molecule has 1 fully saturated rings. The van der Waals surface area contributed by atoms with Gasteiger partial charge in [-0.1, -0.05) is 13.8 Å². The van der Waals surface area contributed by atoms with Crippen LogP contribution in [-0.4, -0.2) is 42.8 Å². The Labute approximate surface area is 87.6 Å². The first-order chi connectivity index (χ1) is 6.69. The molecule has 0 aromatic heterocycles. The Morgan fingerprint density at radius 2 is 2.07 bits per heavy atom. The highest BCUT2D eigenvalue weighted by Crippen LogP contribution is 2.14. The van der Waals surface area contributed by atoms with Crippen molar-refractivity contribution in [3.05, 3.63) is 0 Å². The Balaban J connectivity index is 2.46. The van der Waals surface area contributed by atoms with Crippen LogP contribution in [0.3, 0.4) is 0 Å². The predicted molar refractivity (Wildman–Crippen MR) is 59.3 cm³/mol. The maximum absolute atomic E-state index is 5.86. The first-order valence-electron chi connectivity index (χ1n) is 5.80. The molecule has 2 atom stereocenters.